The largest absolute Gasteiger partial charge is 0.353 e. The van der Waals surface area contributed by atoms with Crippen molar-refractivity contribution in [2.45, 2.75) is 38.5 Å². The minimum Gasteiger partial charge on any atom is -0.353 e. The van der Waals surface area contributed by atoms with Gasteiger partial charge >= 0.3 is 0 Å². The molecule has 0 unspecified atom stereocenters. The molecule has 1 amide bonds. The first-order valence-corrected chi connectivity index (χ1v) is 8.93. The fraction of sp³-hybridized carbons (Fsp3) is 0.353. The Kier molecular flexibility index (Phi) is 4.62. The zero-order valence-electron chi connectivity index (χ0n) is 13.9. The van der Waals surface area contributed by atoms with E-state index in [0.29, 0.717) is 22.7 Å². The number of thioether (sulfide) groups is 1. The van der Waals surface area contributed by atoms with E-state index in [1.165, 1.54) is 11.8 Å². The maximum absolute atomic E-state index is 12.8. The molecule has 7 heteroatoms. The summed E-state index contributed by atoms with van der Waals surface area (Å²) in [5.41, 5.74) is 1.95. The van der Waals surface area contributed by atoms with Crippen LogP contribution in [0.2, 0.25) is 0 Å². The standard InChI is InChI=1S/C17H20N4O2S/c1-4-21-16(23)15-14(11-7-5-6-8-12(11)19-15)20-17(21)24-9-13(22)18-10(2)3/h5-8,10,19H,4,9H2,1-3H3,(H,18,22). The van der Waals surface area contributed by atoms with Crippen molar-refractivity contribution >= 4 is 39.6 Å². The lowest BCUT2D eigenvalue weighted by molar-refractivity contribution is -0.119. The van der Waals surface area contributed by atoms with Crippen molar-refractivity contribution in [3.8, 4) is 0 Å². The smallest absolute Gasteiger partial charge is 0.278 e. The third-order valence-corrected chi connectivity index (χ3v) is 4.65. The second-order valence-electron chi connectivity index (χ2n) is 5.85. The summed E-state index contributed by atoms with van der Waals surface area (Å²) >= 11 is 1.29. The predicted octanol–water partition coefficient (Wildman–Crippen LogP) is 2.51. The molecule has 6 nitrogen and oxygen atoms in total. The Morgan fingerprint density at radius 1 is 1.38 bits per heavy atom. The highest BCUT2D eigenvalue weighted by Gasteiger charge is 2.16. The summed E-state index contributed by atoms with van der Waals surface area (Å²) in [5.74, 6) is 0.171. The van der Waals surface area contributed by atoms with E-state index in [1.54, 1.807) is 4.57 Å². The summed E-state index contributed by atoms with van der Waals surface area (Å²) in [6.07, 6.45) is 0. The molecular weight excluding hydrogens is 324 g/mol. The Labute approximate surface area is 143 Å². The molecule has 0 aliphatic carbocycles. The van der Waals surface area contributed by atoms with Gasteiger partial charge < -0.3 is 10.3 Å². The van der Waals surface area contributed by atoms with Crippen LogP contribution in [-0.4, -0.2) is 32.2 Å². The van der Waals surface area contributed by atoms with E-state index in [4.69, 9.17) is 0 Å². The molecule has 2 heterocycles. The van der Waals surface area contributed by atoms with Crippen molar-refractivity contribution in [1.82, 2.24) is 19.9 Å². The van der Waals surface area contributed by atoms with Crippen LogP contribution in [0.3, 0.4) is 0 Å². The number of rotatable bonds is 5. The van der Waals surface area contributed by atoms with Gasteiger partial charge in [-0.15, -0.1) is 0 Å². The van der Waals surface area contributed by atoms with Gasteiger partial charge in [-0.3, -0.25) is 14.2 Å². The first-order chi connectivity index (χ1) is 11.5. The van der Waals surface area contributed by atoms with E-state index in [9.17, 15) is 9.59 Å². The number of H-pyrrole nitrogens is 1. The Morgan fingerprint density at radius 2 is 2.12 bits per heavy atom. The Balaban J connectivity index is 2.05. The van der Waals surface area contributed by atoms with E-state index in [2.05, 4.69) is 15.3 Å². The molecule has 0 aliphatic heterocycles. The van der Waals surface area contributed by atoms with Crippen LogP contribution in [0.1, 0.15) is 20.8 Å². The minimum atomic E-state index is -0.106. The van der Waals surface area contributed by atoms with Crippen molar-refractivity contribution in [2.75, 3.05) is 5.75 Å². The Morgan fingerprint density at radius 3 is 2.83 bits per heavy atom. The molecule has 0 saturated heterocycles. The van der Waals surface area contributed by atoms with Crippen LogP contribution < -0.4 is 10.9 Å². The highest BCUT2D eigenvalue weighted by Crippen LogP contribution is 2.24. The number of hydrogen-bond donors (Lipinski definition) is 2. The molecule has 2 aromatic heterocycles. The predicted molar refractivity (Wildman–Crippen MR) is 97.5 cm³/mol. The first-order valence-electron chi connectivity index (χ1n) is 7.94. The molecule has 0 radical (unpaired) electrons. The molecular formula is C17H20N4O2S. The third kappa shape index (κ3) is 3.03. The van der Waals surface area contributed by atoms with E-state index >= 15 is 0 Å². The van der Waals surface area contributed by atoms with E-state index in [0.717, 1.165) is 10.9 Å². The number of benzene rings is 1. The second kappa shape index (κ2) is 6.68. The SMILES string of the molecule is CCn1c(SCC(=O)NC(C)C)nc2c([nH]c3ccccc32)c1=O. The fourth-order valence-corrected chi connectivity index (χ4v) is 3.53. The normalized spacial score (nSPS) is 11.5. The second-order valence-corrected chi connectivity index (χ2v) is 6.79. The van der Waals surface area contributed by atoms with Gasteiger partial charge in [0.1, 0.15) is 11.0 Å². The number of aromatic amines is 1. The van der Waals surface area contributed by atoms with Gasteiger partial charge in [-0.2, -0.15) is 0 Å². The van der Waals surface area contributed by atoms with Gasteiger partial charge in [0.05, 0.1) is 5.75 Å². The molecule has 0 saturated carbocycles. The maximum atomic E-state index is 12.8. The van der Waals surface area contributed by atoms with Crippen LogP contribution >= 0.6 is 11.8 Å². The molecule has 0 aliphatic rings. The van der Waals surface area contributed by atoms with Crippen LogP contribution in [0.4, 0.5) is 0 Å². The Bertz CT molecular complexity index is 958. The highest BCUT2D eigenvalue weighted by atomic mass is 32.2. The van der Waals surface area contributed by atoms with Gasteiger partial charge in [0, 0.05) is 23.5 Å². The maximum Gasteiger partial charge on any atom is 0.278 e. The minimum absolute atomic E-state index is 0.0640. The van der Waals surface area contributed by atoms with Gasteiger partial charge in [-0.05, 0) is 26.8 Å². The molecule has 126 valence electrons. The number of para-hydroxylation sites is 1. The lowest BCUT2D eigenvalue weighted by atomic mass is 10.2. The first kappa shape index (κ1) is 16.6. The van der Waals surface area contributed by atoms with Crippen molar-refractivity contribution < 1.29 is 4.79 Å². The molecule has 0 fully saturated rings. The molecule has 2 N–H and O–H groups in total. The van der Waals surface area contributed by atoms with Crippen molar-refractivity contribution in [3.05, 3.63) is 34.6 Å². The number of fused-ring (bicyclic) bond motifs is 3. The van der Waals surface area contributed by atoms with Crippen molar-refractivity contribution in [1.29, 1.82) is 0 Å². The van der Waals surface area contributed by atoms with Crippen LogP contribution in [-0.2, 0) is 11.3 Å². The molecule has 3 aromatic rings. The van der Waals surface area contributed by atoms with Gasteiger partial charge in [0.2, 0.25) is 5.91 Å². The highest BCUT2D eigenvalue weighted by molar-refractivity contribution is 7.99. The van der Waals surface area contributed by atoms with E-state index in [1.807, 2.05) is 45.0 Å². The topological polar surface area (TPSA) is 79.8 Å². The molecule has 1 aromatic carbocycles. The van der Waals surface area contributed by atoms with Gasteiger partial charge in [0.25, 0.3) is 5.56 Å². The molecule has 0 bridgehead atoms. The zero-order valence-corrected chi connectivity index (χ0v) is 14.7. The zero-order chi connectivity index (χ0) is 17.3. The van der Waals surface area contributed by atoms with Crippen LogP contribution in [0.15, 0.2) is 34.2 Å². The van der Waals surface area contributed by atoms with Crippen LogP contribution in [0, 0.1) is 0 Å². The van der Waals surface area contributed by atoms with Gasteiger partial charge in [-0.25, -0.2) is 4.98 Å². The monoisotopic (exact) mass is 344 g/mol. The third-order valence-electron chi connectivity index (χ3n) is 3.67. The molecule has 0 spiro atoms. The van der Waals surface area contributed by atoms with Crippen LogP contribution in [0.5, 0.6) is 0 Å². The number of carbonyl (C=O) groups excluding carboxylic acids is 1. The summed E-state index contributed by atoms with van der Waals surface area (Å²) in [5, 5.41) is 4.33. The number of nitrogens with zero attached hydrogens (tertiary/aromatic N) is 2. The lowest BCUT2D eigenvalue weighted by Crippen LogP contribution is -2.32. The summed E-state index contributed by atoms with van der Waals surface area (Å²) in [6.45, 7) is 6.24. The summed E-state index contributed by atoms with van der Waals surface area (Å²) in [4.78, 5) is 32.4. The number of amides is 1. The lowest BCUT2D eigenvalue weighted by Gasteiger charge is -2.11. The van der Waals surface area contributed by atoms with E-state index in [-0.39, 0.29) is 23.3 Å². The number of aromatic nitrogens is 3. The number of carbonyl (C=O) groups is 1. The Hall–Kier alpha value is -2.28. The van der Waals surface area contributed by atoms with Gasteiger partial charge in [0.15, 0.2) is 5.16 Å². The van der Waals surface area contributed by atoms with Crippen molar-refractivity contribution in [2.24, 2.45) is 0 Å². The molecule has 0 atom stereocenters. The average Bonchev–Trinajstić information content (AvgIpc) is 2.91. The summed E-state index contributed by atoms with van der Waals surface area (Å²) in [7, 11) is 0. The summed E-state index contributed by atoms with van der Waals surface area (Å²) < 4.78 is 1.60. The molecule has 24 heavy (non-hydrogen) atoms. The molecule has 3 rings (SSSR count). The van der Waals surface area contributed by atoms with Crippen molar-refractivity contribution in [3.63, 3.8) is 0 Å². The quantitative estimate of drug-likeness (QED) is 0.550. The summed E-state index contributed by atoms with van der Waals surface area (Å²) in [6, 6.07) is 7.80. The van der Waals surface area contributed by atoms with Gasteiger partial charge in [-0.1, -0.05) is 30.0 Å². The van der Waals surface area contributed by atoms with E-state index < -0.39 is 0 Å². The average molecular weight is 344 g/mol. The van der Waals surface area contributed by atoms with Crippen LogP contribution in [0.25, 0.3) is 21.9 Å². The number of nitrogens with one attached hydrogen (secondary N) is 2. The number of hydrogen-bond acceptors (Lipinski definition) is 4. The fourth-order valence-electron chi connectivity index (χ4n) is 2.66.